The van der Waals surface area contributed by atoms with Crippen LogP contribution in [0.1, 0.15) is 11.4 Å². The van der Waals surface area contributed by atoms with Gasteiger partial charge in [0.15, 0.2) is 5.15 Å². The van der Waals surface area contributed by atoms with E-state index in [4.69, 9.17) is 16.3 Å². The number of fused-ring (bicyclic) bond motifs is 1. The highest BCUT2D eigenvalue weighted by Crippen LogP contribution is 2.20. The highest BCUT2D eigenvalue weighted by atomic mass is 35.5. The predicted molar refractivity (Wildman–Crippen MR) is 89.8 cm³/mol. The minimum Gasteiger partial charge on any atom is -0.497 e. The van der Waals surface area contributed by atoms with Crippen molar-refractivity contribution >= 4 is 22.6 Å². The van der Waals surface area contributed by atoms with Gasteiger partial charge in [-0.15, -0.1) is 0 Å². The molecule has 2 aromatic heterocycles. The van der Waals surface area contributed by atoms with E-state index in [9.17, 15) is 0 Å². The third-order valence-corrected chi connectivity index (χ3v) is 3.64. The van der Waals surface area contributed by atoms with E-state index in [2.05, 4.69) is 15.1 Å². The van der Waals surface area contributed by atoms with Crippen molar-refractivity contribution in [3.8, 4) is 5.75 Å². The highest BCUT2D eigenvalue weighted by Gasteiger charge is 2.11. The molecular weight excluding hydrogens is 314 g/mol. The lowest BCUT2D eigenvalue weighted by Crippen LogP contribution is -2.13. The fourth-order valence-corrected chi connectivity index (χ4v) is 2.55. The molecule has 23 heavy (non-hydrogen) atoms. The molecule has 0 radical (unpaired) electrons. The smallest absolute Gasteiger partial charge is 0.160 e. The lowest BCUT2D eigenvalue weighted by atomic mass is 10.2. The second-order valence-corrected chi connectivity index (χ2v) is 5.94. The molecule has 0 fully saturated rings. The van der Waals surface area contributed by atoms with E-state index in [0.717, 1.165) is 16.8 Å². The van der Waals surface area contributed by atoms with Gasteiger partial charge in [0.25, 0.3) is 0 Å². The number of rotatable bonds is 5. The van der Waals surface area contributed by atoms with E-state index in [1.807, 2.05) is 54.1 Å². The van der Waals surface area contributed by atoms with Crippen molar-refractivity contribution < 1.29 is 4.74 Å². The van der Waals surface area contributed by atoms with Gasteiger partial charge in [-0.05, 0) is 31.8 Å². The zero-order valence-corrected chi connectivity index (χ0v) is 14.1. The largest absolute Gasteiger partial charge is 0.497 e. The molecule has 1 aromatic carbocycles. The summed E-state index contributed by atoms with van der Waals surface area (Å²) in [4.78, 5) is 10.8. The number of aromatic nitrogens is 4. The first-order chi connectivity index (χ1) is 11.0. The maximum atomic E-state index is 6.24. The Morgan fingerprint density at radius 3 is 2.57 bits per heavy atom. The average Bonchev–Trinajstić information content (AvgIpc) is 2.90. The Morgan fingerprint density at radius 1 is 1.17 bits per heavy atom. The minimum atomic E-state index is 0.389. The SMILES string of the molecule is COc1ccc(Cn2cc3nc(CN(C)C)nc(Cl)c3n2)cc1. The molecule has 0 N–H and O–H groups in total. The number of hydrogen-bond acceptors (Lipinski definition) is 5. The molecule has 6 nitrogen and oxygen atoms in total. The first kappa shape index (κ1) is 15.7. The van der Waals surface area contributed by atoms with Crippen LogP contribution in [0.2, 0.25) is 5.15 Å². The van der Waals surface area contributed by atoms with Crippen molar-refractivity contribution in [2.24, 2.45) is 0 Å². The standard InChI is InChI=1S/C16H18ClN5O/c1-21(2)10-14-18-13-9-22(20-15(13)16(17)19-14)8-11-4-6-12(23-3)7-5-11/h4-7,9H,8,10H2,1-3H3. The maximum absolute atomic E-state index is 6.24. The molecule has 0 bridgehead atoms. The molecule has 3 rings (SSSR count). The topological polar surface area (TPSA) is 56.1 Å². The average molecular weight is 332 g/mol. The molecule has 120 valence electrons. The van der Waals surface area contributed by atoms with E-state index in [1.54, 1.807) is 7.11 Å². The predicted octanol–water partition coefficient (Wildman–Crippen LogP) is 2.60. The second-order valence-electron chi connectivity index (χ2n) is 5.58. The van der Waals surface area contributed by atoms with Gasteiger partial charge in [0.05, 0.1) is 26.4 Å². The summed E-state index contributed by atoms with van der Waals surface area (Å²) in [5.74, 6) is 1.53. The molecule has 0 amide bonds. The van der Waals surface area contributed by atoms with Gasteiger partial charge in [0.2, 0.25) is 0 Å². The van der Waals surface area contributed by atoms with Crippen molar-refractivity contribution in [3.63, 3.8) is 0 Å². The summed E-state index contributed by atoms with van der Waals surface area (Å²) >= 11 is 6.24. The minimum absolute atomic E-state index is 0.389. The molecule has 0 unspecified atom stereocenters. The van der Waals surface area contributed by atoms with E-state index < -0.39 is 0 Å². The third-order valence-electron chi connectivity index (χ3n) is 3.38. The van der Waals surface area contributed by atoms with E-state index in [1.165, 1.54) is 0 Å². The van der Waals surface area contributed by atoms with E-state index in [0.29, 0.717) is 29.6 Å². The van der Waals surface area contributed by atoms with E-state index >= 15 is 0 Å². The van der Waals surface area contributed by atoms with Crippen molar-refractivity contribution in [2.45, 2.75) is 13.1 Å². The summed E-state index contributed by atoms with van der Waals surface area (Å²) < 4.78 is 6.99. The number of halogens is 1. The lowest BCUT2D eigenvalue weighted by molar-refractivity contribution is 0.391. The fourth-order valence-electron chi connectivity index (χ4n) is 2.32. The first-order valence-corrected chi connectivity index (χ1v) is 7.60. The Morgan fingerprint density at radius 2 is 1.91 bits per heavy atom. The van der Waals surface area contributed by atoms with Crippen LogP contribution in [0.3, 0.4) is 0 Å². The monoisotopic (exact) mass is 331 g/mol. The molecular formula is C16H18ClN5O. The van der Waals surface area contributed by atoms with Gasteiger partial charge in [-0.2, -0.15) is 5.10 Å². The quantitative estimate of drug-likeness (QED) is 0.673. The number of nitrogens with zero attached hydrogens (tertiary/aromatic N) is 5. The molecule has 0 atom stereocenters. The van der Waals surface area contributed by atoms with Crippen LogP contribution in [0.4, 0.5) is 0 Å². The molecule has 2 heterocycles. The van der Waals surface area contributed by atoms with Gasteiger partial charge in [0, 0.05) is 0 Å². The van der Waals surface area contributed by atoms with Gasteiger partial charge in [0.1, 0.15) is 22.6 Å². The van der Waals surface area contributed by atoms with Crippen LogP contribution in [0.15, 0.2) is 30.5 Å². The normalized spacial score (nSPS) is 11.3. The van der Waals surface area contributed by atoms with Crippen LogP contribution in [-0.2, 0) is 13.1 Å². The van der Waals surface area contributed by atoms with Crippen molar-refractivity contribution in [2.75, 3.05) is 21.2 Å². The Balaban J connectivity index is 1.88. The Hall–Kier alpha value is -2.18. The summed E-state index contributed by atoms with van der Waals surface area (Å²) in [6, 6.07) is 7.88. The van der Waals surface area contributed by atoms with Crippen LogP contribution < -0.4 is 4.74 Å². The maximum Gasteiger partial charge on any atom is 0.160 e. The molecule has 0 spiro atoms. The Kier molecular flexibility index (Phi) is 4.45. The zero-order chi connectivity index (χ0) is 16.4. The second kappa shape index (κ2) is 6.52. The Bertz CT molecular complexity index is 813. The van der Waals surface area contributed by atoms with Crippen molar-refractivity contribution in [1.29, 1.82) is 0 Å². The van der Waals surface area contributed by atoms with Gasteiger partial charge < -0.3 is 9.64 Å². The van der Waals surface area contributed by atoms with Gasteiger partial charge in [-0.25, -0.2) is 9.97 Å². The zero-order valence-electron chi connectivity index (χ0n) is 13.3. The van der Waals surface area contributed by atoms with Crippen LogP contribution in [-0.4, -0.2) is 45.9 Å². The van der Waals surface area contributed by atoms with Crippen LogP contribution in [0.5, 0.6) is 5.75 Å². The summed E-state index contributed by atoms with van der Waals surface area (Å²) in [5, 5.41) is 4.87. The summed E-state index contributed by atoms with van der Waals surface area (Å²) in [5.41, 5.74) is 2.51. The first-order valence-electron chi connectivity index (χ1n) is 7.22. The molecule has 0 saturated carbocycles. The van der Waals surface area contributed by atoms with Crippen LogP contribution in [0.25, 0.3) is 11.0 Å². The van der Waals surface area contributed by atoms with Crippen molar-refractivity contribution in [3.05, 3.63) is 47.0 Å². The van der Waals surface area contributed by atoms with Gasteiger partial charge in [-0.1, -0.05) is 23.7 Å². The number of benzene rings is 1. The fraction of sp³-hybridized carbons (Fsp3) is 0.312. The lowest BCUT2D eigenvalue weighted by Gasteiger charge is -2.07. The van der Waals surface area contributed by atoms with Gasteiger partial charge >= 0.3 is 0 Å². The number of ether oxygens (including phenoxy) is 1. The highest BCUT2D eigenvalue weighted by molar-refractivity contribution is 6.33. The molecule has 7 heteroatoms. The molecule has 0 aliphatic rings. The van der Waals surface area contributed by atoms with Crippen molar-refractivity contribution in [1.82, 2.24) is 24.6 Å². The van der Waals surface area contributed by atoms with Crippen LogP contribution >= 0.6 is 11.6 Å². The summed E-state index contributed by atoms with van der Waals surface area (Å²) in [6.07, 6.45) is 1.90. The third kappa shape index (κ3) is 3.60. The molecule has 3 aromatic rings. The molecule has 0 aliphatic carbocycles. The van der Waals surface area contributed by atoms with Crippen LogP contribution in [0, 0.1) is 0 Å². The molecule has 0 saturated heterocycles. The summed E-state index contributed by atoms with van der Waals surface area (Å²) in [6.45, 7) is 1.28. The number of hydrogen-bond donors (Lipinski definition) is 0. The molecule has 0 aliphatic heterocycles. The van der Waals surface area contributed by atoms with E-state index in [-0.39, 0.29) is 0 Å². The summed E-state index contributed by atoms with van der Waals surface area (Å²) in [7, 11) is 5.59. The number of methoxy groups -OCH3 is 1. The van der Waals surface area contributed by atoms with Gasteiger partial charge in [-0.3, -0.25) is 4.68 Å². The Labute approximate surface area is 139 Å².